The maximum Gasteiger partial charge on any atom is 0.255 e. The third-order valence-corrected chi connectivity index (χ3v) is 3.24. The summed E-state index contributed by atoms with van der Waals surface area (Å²) in [5, 5.41) is 2.72. The van der Waals surface area contributed by atoms with Gasteiger partial charge in [0.2, 0.25) is 0 Å². The summed E-state index contributed by atoms with van der Waals surface area (Å²) >= 11 is 0. The number of rotatable bonds is 7. The molecule has 0 heterocycles. The van der Waals surface area contributed by atoms with Crippen LogP contribution >= 0.6 is 0 Å². The van der Waals surface area contributed by atoms with Gasteiger partial charge in [0.15, 0.2) is 0 Å². The Labute approximate surface area is 130 Å². The molecule has 1 N–H and O–H groups in total. The molecule has 0 aliphatic heterocycles. The van der Waals surface area contributed by atoms with E-state index in [1.54, 1.807) is 24.3 Å². The van der Waals surface area contributed by atoms with Gasteiger partial charge in [-0.1, -0.05) is 19.8 Å². The Kier molecular flexibility index (Phi) is 5.95. The Balaban J connectivity index is 1.89. The number of anilines is 1. The van der Waals surface area contributed by atoms with Crippen LogP contribution in [0.25, 0.3) is 0 Å². The molecule has 116 valence electrons. The first kappa shape index (κ1) is 16.0. The van der Waals surface area contributed by atoms with Crippen LogP contribution in [0.15, 0.2) is 48.5 Å². The van der Waals surface area contributed by atoms with Crippen molar-refractivity contribution in [3.05, 3.63) is 59.9 Å². The molecule has 0 saturated heterocycles. The van der Waals surface area contributed by atoms with E-state index in [1.165, 1.54) is 24.3 Å². The first-order chi connectivity index (χ1) is 10.7. The quantitative estimate of drug-likeness (QED) is 0.756. The maximum absolute atomic E-state index is 12.8. The Morgan fingerprint density at radius 1 is 1.05 bits per heavy atom. The molecule has 2 aromatic carbocycles. The molecule has 2 aromatic rings. The predicted molar refractivity (Wildman–Crippen MR) is 85.8 cm³/mol. The zero-order valence-corrected chi connectivity index (χ0v) is 12.6. The summed E-state index contributed by atoms with van der Waals surface area (Å²) in [7, 11) is 0. The van der Waals surface area contributed by atoms with Crippen LogP contribution in [-0.4, -0.2) is 12.5 Å². The lowest BCUT2D eigenvalue weighted by atomic mass is 10.2. The number of carbonyl (C=O) groups excluding carboxylic acids is 1. The molecular weight excluding hydrogens is 281 g/mol. The van der Waals surface area contributed by atoms with Gasteiger partial charge in [0, 0.05) is 11.3 Å². The number of amides is 1. The molecule has 3 nitrogen and oxygen atoms in total. The summed E-state index contributed by atoms with van der Waals surface area (Å²) in [5.41, 5.74) is 1.09. The van der Waals surface area contributed by atoms with Crippen molar-refractivity contribution in [1.82, 2.24) is 0 Å². The van der Waals surface area contributed by atoms with Crippen molar-refractivity contribution in [3.8, 4) is 5.75 Å². The van der Waals surface area contributed by atoms with E-state index < -0.39 is 0 Å². The normalized spacial score (nSPS) is 10.3. The van der Waals surface area contributed by atoms with Gasteiger partial charge in [-0.3, -0.25) is 4.79 Å². The first-order valence-electron chi connectivity index (χ1n) is 7.49. The highest BCUT2D eigenvalue weighted by molar-refractivity contribution is 6.04. The lowest BCUT2D eigenvalue weighted by Gasteiger charge is -2.08. The number of carbonyl (C=O) groups is 1. The average Bonchev–Trinajstić information content (AvgIpc) is 2.54. The zero-order valence-electron chi connectivity index (χ0n) is 12.6. The van der Waals surface area contributed by atoms with E-state index >= 15 is 0 Å². The Bertz CT molecular complexity index is 593. The number of nitrogens with one attached hydrogen (secondary N) is 1. The molecule has 0 bridgehead atoms. The second kappa shape index (κ2) is 8.17. The van der Waals surface area contributed by atoms with Gasteiger partial charge < -0.3 is 10.1 Å². The van der Waals surface area contributed by atoms with E-state index in [9.17, 15) is 9.18 Å². The summed E-state index contributed by atoms with van der Waals surface area (Å²) in [6.07, 6.45) is 3.34. The molecule has 1 amide bonds. The van der Waals surface area contributed by atoms with Crippen LogP contribution in [0.2, 0.25) is 0 Å². The van der Waals surface area contributed by atoms with Gasteiger partial charge in [0.1, 0.15) is 11.6 Å². The molecule has 0 spiro atoms. The lowest BCUT2D eigenvalue weighted by molar-refractivity contribution is 0.102. The van der Waals surface area contributed by atoms with Gasteiger partial charge in [-0.25, -0.2) is 4.39 Å². The van der Waals surface area contributed by atoms with Crippen LogP contribution in [0, 0.1) is 5.82 Å². The Morgan fingerprint density at radius 2 is 1.73 bits per heavy atom. The molecule has 0 atom stereocenters. The van der Waals surface area contributed by atoms with Crippen molar-refractivity contribution < 1.29 is 13.9 Å². The smallest absolute Gasteiger partial charge is 0.255 e. The van der Waals surface area contributed by atoms with Crippen LogP contribution in [-0.2, 0) is 0 Å². The molecule has 22 heavy (non-hydrogen) atoms. The second-order valence-electron chi connectivity index (χ2n) is 5.04. The number of ether oxygens (including phenoxy) is 1. The predicted octanol–water partition coefficient (Wildman–Crippen LogP) is 4.65. The van der Waals surface area contributed by atoms with Gasteiger partial charge in [-0.2, -0.15) is 0 Å². The third-order valence-electron chi connectivity index (χ3n) is 3.24. The average molecular weight is 301 g/mol. The molecular formula is C18H20FNO2. The Hall–Kier alpha value is -2.36. The molecule has 0 aromatic heterocycles. The third kappa shape index (κ3) is 4.88. The van der Waals surface area contributed by atoms with Crippen LogP contribution in [0.5, 0.6) is 5.75 Å². The van der Waals surface area contributed by atoms with E-state index in [2.05, 4.69) is 12.2 Å². The van der Waals surface area contributed by atoms with E-state index in [4.69, 9.17) is 4.74 Å². The topological polar surface area (TPSA) is 38.3 Å². The monoisotopic (exact) mass is 301 g/mol. The van der Waals surface area contributed by atoms with Crippen molar-refractivity contribution >= 4 is 11.6 Å². The standard InChI is InChI=1S/C18H20FNO2/c1-2-3-4-13-22-17-11-5-14(6-12-17)18(21)20-16-9-7-15(19)8-10-16/h5-12H,2-4,13H2,1H3,(H,20,21). The fraction of sp³-hybridized carbons (Fsp3) is 0.278. The van der Waals surface area contributed by atoms with Crippen LogP contribution in [0.4, 0.5) is 10.1 Å². The summed E-state index contributed by atoms with van der Waals surface area (Å²) in [6.45, 7) is 2.84. The van der Waals surface area contributed by atoms with Crippen LogP contribution in [0.3, 0.4) is 0 Å². The Morgan fingerprint density at radius 3 is 2.36 bits per heavy atom. The molecule has 2 rings (SSSR count). The maximum atomic E-state index is 12.8. The fourth-order valence-electron chi connectivity index (χ4n) is 1.98. The first-order valence-corrected chi connectivity index (χ1v) is 7.49. The number of hydrogen-bond acceptors (Lipinski definition) is 2. The SMILES string of the molecule is CCCCCOc1ccc(C(=O)Nc2ccc(F)cc2)cc1. The molecule has 4 heteroatoms. The minimum absolute atomic E-state index is 0.232. The number of benzene rings is 2. The summed E-state index contributed by atoms with van der Waals surface area (Å²) in [6, 6.07) is 12.7. The highest BCUT2D eigenvalue weighted by atomic mass is 19.1. The number of unbranched alkanes of at least 4 members (excludes halogenated alkanes) is 2. The van der Waals surface area contributed by atoms with E-state index in [-0.39, 0.29) is 11.7 Å². The molecule has 0 aliphatic rings. The number of hydrogen-bond donors (Lipinski definition) is 1. The lowest BCUT2D eigenvalue weighted by Crippen LogP contribution is -2.11. The van der Waals surface area contributed by atoms with Crippen molar-refractivity contribution in [1.29, 1.82) is 0 Å². The van der Waals surface area contributed by atoms with E-state index in [1.807, 2.05) is 0 Å². The van der Waals surface area contributed by atoms with Crippen molar-refractivity contribution in [2.24, 2.45) is 0 Å². The highest BCUT2D eigenvalue weighted by Gasteiger charge is 2.06. The minimum Gasteiger partial charge on any atom is -0.494 e. The summed E-state index contributed by atoms with van der Waals surface area (Å²) < 4.78 is 18.4. The van der Waals surface area contributed by atoms with E-state index in [0.29, 0.717) is 17.9 Å². The molecule has 0 unspecified atom stereocenters. The van der Waals surface area contributed by atoms with Crippen LogP contribution in [0.1, 0.15) is 36.5 Å². The van der Waals surface area contributed by atoms with Crippen LogP contribution < -0.4 is 10.1 Å². The second-order valence-corrected chi connectivity index (χ2v) is 5.04. The van der Waals surface area contributed by atoms with Gasteiger partial charge in [-0.05, 0) is 55.0 Å². The number of halogens is 1. The molecule has 0 radical (unpaired) electrons. The molecule has 0 saturated carbocycles. The zero-order chi connectivity index (χ0) is 15.8. The molecule has 0 aliphatic carbocycles. The molecule has 0 fully saturated rings. The largest absolute Gasteiger partial charge is 0.494 e. The van der Waals surface area contributed by atoms with Crippen molar-refractivity contribution in [3.63, 3.8) is 0 Å². The fourth-order valence-corrected chi connectivity index (χ4v) is 1.98. The van der Waals surface area contributed by atoms with Gasteiger partial charge in [-0.15, -0.1) is 0 Å². The van der Waals surface area contributed by atoms with Gasteiger partial charge in [0.25, 0.3) is 5.91 Å². The van der Waals surface area contributed by atoms with Gasteiger partial charge >= 0.3 is 0 Å². The summed E-state index contributed by atoms with van der Waals surface area (Å²) in [5.74, 6) is 0.196. The van der Waals surface area contributed by atoms with Crippen molar-refractivity contribution in [2.45, 2.75) is 26.2 Å². The summed E-state index contributed by atoms with van der Waals surface area (Å²) in [4.78, 5) is 12.1. The highest BCUT2D eigenvalue weighted by Crippen LogP contribution is 2.15. The van der Waals surface area contributed by atoms with Crippen molar-refractivity contribution in [2.75, 3.05) is 11.9 Å². The van der Waals surface area contributed by atoms with Gasteiger partial charge in [0.05, 0.1) is 6.61 Å². The van der Waals surface area contributed by atoms with E-state index in [0.717, 1.165) is 25.0 Å². The minimum atomic E-state index is -0.331.